The van der Waals surface area contributed by atoms with Crippen LogP contribution in [0.2, 0.25) is 5.21 Å². The van der Waals surface area contributed by atoms with E-state index in [-0.39, 0.29) is 17.9 Å². The van der Waals surface area contributed by atoms with Gasteiger partial charge in [-0.15, -0.1) is 0 Å². The molecule has 0 spiro atoms. The summed E-state index contributed by atoms with van der Waals surface area (Å²) in [5.74, 6) is -0.411. The molecule has 9 heteroatoms. The number of aryl methyl sites for hydroxylation is 1. The van der Waals surface area contributed by atoms with Crippen molar-refractivity contribution in [2.45, 2.75) is 24.6 Å². The molecule has 1 aromatic heterocycles. The second-order valence-corrected chi connectivity index (χ2v) is 6.50. The minimum absolute atomic E-state index is 0.234. The molecule has 2 aromatic rings. The van der Waals surface area contributed by atoms with E-state index < -0.39 is 17.2 Å². The van der Waals surface area contributed by atoms with Gasteiger partial charge in [-0.3, -0.25) is 24.3 Å². The number of carbonyl (C=O) groups is 2. The fourth-order valence-electron chi connectivity index (χ4n) is 2.99. The van der Waals surface area contributed by atoms with E-state index in [2.05, 4.69) is 10.3 Å². The van der Waals surface area contributed by atoms with Gasteiger partial charge in [0.2, 0.25) is 11.8 Å². The van der Waals surface area contributed by atoms with Crippen LogP contribution in [-0.2, 0) is 9.59 Å². The van der Waals surface area contributed by atoms with Crippen LogP contribution < -0.4 is 16.6 Å². The zero-order valence-electron chi connectivity index (χ0n) is 13.2. The SMILES string of the molecule is BC1(B)CC(n2c(C)nc3cccc(N)c3c2=O)C(=O)NC1=O. The third-order valence-corrected chi connectivity index (χ3v) is 4.31. The first kappa shape index (κ1) is 15.3. The van der Waals surface area contributed by atoms with Gasteiger partial charge >= 0.3 is 0 Å². The molecule has 7 nitrogen and oxygen atoms in total. The number of hydrogen-bond donors (Lipinski definition) is 2. The first-order chi connectivity index (χ1) is 10.7. The third kappa shape index (κ3) is 2.32. The molecule has 0 aliphatic carbocycles. The van der Waals surface area contributed by atoms with Crippen LogP contribution in [0.5, 0.6) is 0 Å². The van der Waals surface area contributed by atoms with Crippen LogP contribution in [-0.4, -0.2) is 37.1 Å². The Kier molecular flexibility index (Phi) is 3.31. The topological polar surface area (TPSA) is 107 Å². The van der Waals surface area contributed by atoms with Crippen molar-refractivity contribution in [2.24, 2.45) is 0 Å². The average molecular weight is 310 g/mol. The fraction of sp³-hybridized carbons (Fsp3) is 0.286. The molecule has 23 heavy (non-hydrogen) atoms. The van der Waals surface area contributed by atoms with Crippen molar-refractivity contribution in [1.29, 1.82) is 0 Å². The third-order valence-electron chi connectivity index (χ3n) is 4.31. The molecule has 1 aromatic carbocycles. The quantitative estimate of drug-likeness (QED) is 0.369. The number of piperidine rings is 1. The molecular formula is C14H16B2N4O3. The van der Waals surface area contributed by atoms with Gasteiger partial charge in [0.25, 0.3) is 5.56 Å². The fourth-order valence-corrected chi connectivity index (χ4v) is 2.99. The Morgan fingerprint density at radius 2 is 2.04 bits per heavy atom. The summed E-state index contributed by atoms with van der Waals surface area (Å²) in [5.41, 5.74) is 6.36. The van der Waals surface area contributed by atoms with Gasteiger partial charge in [-0.1, -0.05) is 6.07 Å². The zero-order valence-corrected chi connectivity index (χ0v) is 13.2. The number of rotatable bonds is 1. The molecule has 1 aliphatic heterocycles. The molecule has 1 aliphatic rings. The van der Waals surface area contributed by atoms with Crippen molar-refractivity contribution in [3.63, 3.8) is 0 Å². The maximum Gasteiger partial charge on any atom is 0.264 e. The Balaban J connectivity index is 2.24. The number of nitrogens with zero attached hydrogens (tertiary/aromatic N) is 2. The summed E-state index contributed by atoms with van der Waals surface area (Å²) in [4.78, 5) is 41.4. The Bertz CT molecular complexity index is 907. The van der Waals surface area contributed by atoms with E-state index in [1.54, 1.807) is 40.8 Å². The van der Waals surface area contributed by atoms with E-state index >= 15 is 0 Å². The monoisotopic (exact) mass is 310 g/mol. The van der Waals surface area contributed by atoms with Gasteiger partial charge < -0.3 is 5.73 Å². The minimum atomic E-state index is -0.785. The Hall–Kier alpha value is -2.57. The lowest BCUT2D eigenvalue weighted by atomic mass is 9.50. The molecule has 2 heterocycles. The molecular weight excluding hydrogens is 294 g/mol. The highest BCUT2D eigenvalue weighted by Crippen LogP contribution is 2.33. The van der Waals surface area contributed by atoms with E-state index in [9.17, 15) is 14.4 Å². The van der Waals surface area contributed by atoms with Crippen molar-refractivity contribution in [2.75, 3.05) is 5.73 Å². The van der Waals surface area contributed by atoms with Gasteiger partial charge in [-0.25, -0.2) is 4.98 Å². The standard InChI is InChI=1S/C14H16B2N4O3/c1-6-18-8-4-2-3-7(17)10(8)12(22)20(6)9-5-14(15,16)13(23)19-11(9)21/h2-4,9H,5,15-17H2,1H3,(H,19,21,23). The van der Waals surface area contributed by atoms with Gasteiger partial charge in [0.1, 0.15) is 27.6 Å². The number of fused-ring (bicyclic) bond motifs is 1. The summed E-state index contributed by atoms with van der Waals surface area (Å²) in [5, 5.41) is 1.88. The lowest BCUT2D eigenvalue weighted by Gasteiger charge is -2.34. The van der Waals surface area contributed by atoms with Crippen LogP contribution in [0.15, 0.2) is 23.0 Å². The predicted octanol–water partition coefficient (Wildman–Crippen LogP) is -1.74. The molecule has 1 unspecified atom stereocenters. The van der Waals surface area contributed by atoms with E-state index in [4.69, 9.17) is 5.73 Å². The number of hydrogen-bond acceptors (Lipinski definition) is 5. The van der Waals surface area contributed by atoms with Crippen molar-refractivity contribution in [3.8, 4) is 0 Å². The molecule has 2 amide bonds. The summed E-state index contributed by atoms with van der Waals surface area (Å²) < 4.78 is 1.34. The molecule has 1 atom stereocenters. The van der Waals surface area contributed by atoms with Gasteiger partial charge in [0.15, 0.2) is 0 Å². The summed E-state index contributed by atoms with van der Waals surface area (Å²) in [6, 6.07) is 4.27. The van der Waals surface area contributed by atoms with Crippen LogP contribution in [0, 0.1) is 6.92 Å². The second-order valence-electron chi connectivity index (χ2n) is 6.50. The van der Waals surface area contributed by atoms with Crippen molar-refractivity contribution >= 4 is 44.1 Å². The molecule has 0 radical (unpaired) electrons. The van der Waals surface area contributed by atoms with E-state index in [1.807, 2.05) is 0 Å². The number of anilines is 1. The number of nitrogens with two attached hydrogens (primary N) is 1. The highest BCUT2D eigenvalue weighted by Gasteiger charge is 2.41. The number of benzene rings is 1. The maximum absolute atomic E-state index is 12.9. The van der Waals surface area contributed by atoms with Gasteiger partial charge in [0.05, 0.1) is 10.9 Å². The van der Waals surface area contributed by atoms with Gasteiger partial charge in [-0.05, 0) is 30.7 Å². The minimum Gasteiger partial charge on any atom is -0.398 e. The Labute approximate surface area is 134 Å². The van der Waals surface area contributed by atoms with E-state index in [0.717, 1.165) is 0 Å². The van der Waals surface area contributed by atoms with Crippen molar-refractivity contribution < 1.29 is 9.59 Å². The van der Waals surface area contributed by atoms with Gasteiger partial charge in [0, 0.05) is 5.69 Å². The van der Waals surface area contributed by atoms with Crippen molar-refractivity contribution in [1.82, 2.24) is 14.9 Å². The molecule has 3 N–H and O–H groups in total. The number of imide groups is 1. The number of nitrogens with one attached hydrogen (secondary N) is 1. The summed E-state index contributed by atoms with van der Waals surface area (Å²) in [6.45, 7) is 1.67. The lowest BCUT2D eigenvalue weighted by molar-refractivity contribution is -0.136. The lowest BCUT2D eigenvalue weighted by Crippen LogP contribution is -2.52. The number of carbonyl (C=O) groups excluding carboxylic acids is 2. The Morgan fingerprint density at radius 3 is 2.74 bits per heavy atom. The molecule has 0 saturated carbocycles. The first-order valence-corrected chi connectivity index (χ1v) is 7.35. The molecule has 1 saturated heterocycles. The zero-order chi connectivity index (χ0) is 16.9. The summed E-state index contributed by atoms with van der Waals surface area (Å²) in [6.07, 6.45) is 0.234. The summed E-state index contributed by atoms with van der Waals surface area (Å²) >= 11 is 0. The second kappa shape index (κ2) is 4.97. The summed E-state index contributed by atoms with van der Waals surface area (Å²) in [7, 11) is 3.48. The number of nitrogen functional groups attached to an aromatic ring is 1. The predicted molar refractivity (Wildman–Crippen MR) is 91.7 cm³/mol. The molecule has 116 valence electrons. The highest BCUT2D eigenvalue weighted by atomic mass is 16.2. The highest BCUT2D eigenvalue weighted by molar-refractivity contribution is 6.52. The van der Waals surface area contributed by atoms with Crippen LogP contribution >= 0.6 is 0 Å². The van der Waals surface area contributed by atoms with Crippen LogP contribution in [0.1, 0.15) is 18.3 Å². The van der Waals surface area contributed by atoms with Crippen LogP contribution in [0.3, 0.4) is 0 Å². The Morgan fingerprint density at radius 1 is 1.35 bits per heavy atom. The van der Waals surface area contributed by atoms with E-state index in [0.29, 0.717) is 22.4 Å². The van der Waals surface area contributed by atoms with Crippen LogP contribution in [0.4, 0.5) is 5.69 Å². The van der Waals surface area contributed by atoms with Gasteiger partial charge in [-0.2, -0.15) is 0 Å². The molecule has 0 bridgehead atoms. The average Bonchev–Trinajstić information content (AvgIpc) is 2.44. The maximum atomic E-state index is 12.9. The molecule has 1 fully saturated rings. The molecule has 3 rings (SSSR count). The normalized spacial score (nSPS) is 20.5. The largest absolute Gasteiger partial charge is 0.398 e. The smallest absolute Gasteiger partial charge is 0.264 e. The van der Waals surface area contributed by atoms with Crippen molar-refractivity contribution in [3.05, 3.63) is 34.4 Å². The first-order valence-electron chi connectivity index (χ1n) is 7.35. The number of amides is 2. The number of aromatic nitrogens is 2. The van der Waals surface area contributed by atoms with E-state index in [1.165, 1.54) is 4.57 Å². The van der Waals surface area contributed by atoms with Crippen LogP contribution in [0.25, 0.3) is 10.9 Å².